The van der Waals surface area contributed by atoms with Crippen molar-refractivity contribution in [2.75, 3.05) is 0 Å². The number of hydrogen-bond donors (Lipinski definition) is 0. The van der Waals surface area contributed by atoms with Gasteiger partial charge in [-0.1, -0.05) is 142 Å². The van der Waals surface area contributed by atoms with Crippen LogP contribution in [0.3, 0.4) is 0 Å². The van der Waals surface area contributed by atoms with Crippen molar-refractivity contribution in [1.29, 1.82) is 0 Å². The lowest BCUT2D eigenvalue weighted by atomic mass is 10.0. The van der Waals surface area contributed by atoms with Gasteiger partial charge >= 0.3 is 0 Å². The molecule has 0 unspecified atom stereocenters. The second-order valence-corrected chi connectivity index (χ2v) is 13.6. The molecule has 0 aliphatic rings. The molecule has 2 nitrogen and oxygen atoms in total. The predicted octanol–water partition coefficient (Wildman–Crippen LogP) is 14.4. The molecule has 0 N–H and O–H groups in total. The van der Waals surface area contributed by atoms with E-state index in [-0.39, 0.29) is 0 Å². The molecule has 0 aliphatic heterocycles. The fourth-order valence-electron chi connectivity index (χ4n) is 7.08. The molecule has 0 saturated heterocycles. The Bertz CT molecular complexity index is 1430. The van der Waals surface area contributed by atoms with E-state index >= 15 is 0 Å². The number of unbranched alkanes of at least 4 members (excludes halogenated alkanes) is 18. The van der Waals surface area contributed by atoms with Crippen LogP contribution in [0.25, 0.3) is 43.9 Å². The summed E-state index contributed by atoms with van der Waals surface area (Å²) in [5, 5.41) is 4.77. The summed E-state index contributed by atoms with van der Waals surface area (Å²) in [7, 11) is 0. The molecule has 0 bridgehead atoms. The predicted molar refractivity (Wildman–Crippen MR) is 192 cm³/mol. The molecule has 2 aromatic heterocycles. The van der Waals surface area contributed by atoms with Gasteiger partial charge in [0, 0.05) is 21.5 Å². The summed E-state index contributed by atoms with van der Waals surface area (Å²) in [6.07, 6.45) is 29.9. The fraction of sp³-hybridized carbons (Fsp3) is 0.571. The fourth-order valence-corrected chi connectivity index (χ4v) is 7.08. The first-order chi connectivity index (χ1) is 21.8. The van der Waals surface area contributed by atoms with E-state index in [4.69, 9.17) is 8.83 Å². The zero-order valence-corrected chi connectivity index (χ0v) is 28.0. The Hall–Kier alpha value is -2.74. The van der Waals surface area contributed by atoms with Gasteiger partial charge in [0.15, 0.2) is 0 Å². The molecule has 5 rings (SSSR count). The second kappa shape index (κ2) is 17.7. The van der Waals surface area contributed by atoms with Crippen LogP contribution in [-0.4, -0.2) is 0 Å². The van der Waals surface area contributed by atoms with Crippen molar-refractivity contribution in [2.45, 2.75) is 155 Å². The Balaban J connectivity index is 1.14. The lowest BCUT2D eigenvalue weighted by Gasteiger charge is -2.03. The van der Waals surface area contributed by atoms with E-state index in [0.717, 1.165) is 35.2 Å². The molecule has 0 aliphatic carbocycles. The van der Waals surface area contributed by atoms with E-state index in [1.165, 1.54) is 161 Å². The van der Waals surface area contributed by atoms with Crippen LogP contribution >= 0.6 is 0 Å². The Morgan fingerprint density at radius 3 is 1.02 bits per heavy atom. The van der Waals surface area contributed by atoms with Crippen LogP contribution in [-0.2, 0) is 12.8 Å². The minimum atomic E-state index is 0.964. The Labute approximate surface area is 267 Å². The van der Waals surface area contributed by atoms with Gasteiger partial charge in [-0.2, -0.15) is 0 Å². The van der Waals surface area contributed by atoms with Gasteiger partial charge < -0.3 is 8.83 Å². The van der Waals surface area contributed by atoms with Crippen LogP contribution < -0.4 is 0 Å². The van der Waals surface area contributed by atoms with Crippen molar-refractivity contribution < 1.29 is 8.83 Å². The van der Waals surface area contributed by atoms with E-state index in [1.807, 2.05) is 0 Å². The van der Waals surface area contributed by atoms with Crippen molar-refractivity contribution >= 4 is 43.9 Å². The summed E-state index contributed by atoms with van der Waals surface area (Å²) in [5.74, 6) is 0. The van der Waals surface area contributed by atoms with Gasteiger partial charge in [-0.15, -0.1) is 0 Å². The first kappa shape index (κ1) is 32.6. The van der Waals surface area contributed by atoms with E-state index in [0.29, 0.717) is 0 Å². The first-order valence-corrected chi connectivity index (χ1v) is 18.6. The highest BCUT2D eigenvalue weighted by molar-refractivity contribution is 6.14. The first-order valence-electron chi connectivity index (χ1n) is 18.6. The average Bonchev–Trinajstić information content (AvgIpc) is 3.58. The summed E-state index contributed by atoms with van der Waals surface area (Å²) in [6, 6.07) is 18.0. The molecule has 2 heteroatoms. The number of aryl methyl sites for hydroxylation is 2. The Morgan fingerprint density at radius 1 is 0.341 bits per heavy atom. The number of benzene rings is 3. The van der Waals surface area contributed by atoms with Gasteiger partial charge in [0.2, 0.25) is 0 Å². The molecule has 0 amide bonds. The second-order valence-electron chi connectivity index (χ2n) is 13.6. The van der Waals surface area contributed by atoms with Crippen LogP contribution in [0.5, 0.6) is 0 Å². The smallest absolute Gasteiger partial charge is 0.136 e. The summed E-state index contributed by atoms with van der Waals surface area (Å²) in [5.41, 5.74) is 6.72. The van der Waals surface area contributed by atoms with Crippen molar-refractivity contribution in [3.05, 3.63) is 59.7 Å². The quantitative estimate of drug-likeness (QED) is 0.0745. The van der Waals surface area contributed by atoms with Crippen molar-refractivity contribution in [3.63, 3.8) is 0 Å². The maximum absolute atomic E-state index is 6.37. The monoisotopic (exact) mass is 594 g/mol. The lowest BCUT2D eigenvalue weighted by Crippen LogP contribution is -1.87. The van der Waals surface area contributed by atoms with Gasteiger partial charge in [-0.25, -0.2) is 0 Å². The topological polar surface area (TPSA) is 26.3 Å². The highest BCUT2D eigenvalue weighted by Crippen LogP contribution is 2.37. The number of hydrogen-bond acceptors (Lipinski definition) is 2. The van der Waals surface area contributed by atoms with Crippen molar-refractivity contribution in [1.82, 2.24) is 0 Å². The third-order valence-electron chi connectivity index (χ3n) is 9.83. The molecule has 2 heterocycles. The van der Waals surface area contributed by atoms with E-state index < -0.39 is 0 Å². The van der Waals surface area contributed by atoms with E-state index in [9.17, 15) is 0 Å². The van der Waals surface area contributed by atoms with Crippen LogP contribution in [0.1, 0.15) is 153 Å². The normalized spacial score (nSPS) is 12.0. The lowest BCUT2D eigenvalue weighted by molar-refractivity contribution is 0.556. The van der Waals surface area contributed by atoms with Crippen molar-refractivity contribution in [2.24, 2.45) is 0 Å². The summed E-state index contributed by atoms with van der Waals surface area (Å²) in [6.45, 7) is 4.58. The van der Waals surface area contributed by atoms with Gasteiger partial charge in [-0.05, 0) is 73.2 Å². The molecule has 0 fully saturated rings. The SMILES string of the molecule is CCCCCCCCCCCCc1ccc2oc3cc4c(cc3c2c1)oc1ccc(CCCCCCCCCCCC)cc14. The Kier molecular flexibility index (Phi) is 13.1. The van der Waals surface area contributed by atoms with Crippen LogP contribution in [0.15, 0.2) is 57.4 Å². The summed E-state index contributed by atoms with van der Waals surface area (Å²) < 4.78 is 12.7. The number of fused-ring (bicyclic) bond motifs is 6. The largest absolute Gasteiger partial charge is 0.456 e. The van der Waals surface area contributed by atoms with Crippen LogP contribution in [0.4, 0.5) is 0 Å². The molecule has 238 valence electrons. The standard InChI is InChI=1S/C42H58O2/c1-3-5-7-9-11-13-15-17-19-21-23-33-25-27-39-35(29-33)37-31-42-38(32-41(37)43-39)36-30-34(26-28-40(36)44-42)24-22-20-18-16-14-12-10-8-6-4-2/h25-32H,3-24H2,1-2H3. The molecule has 0 atom stereocenters. The van der Waals surface area contributed by atoms with Gasteiger partial charge in [0.25, 0.3) is 0 Å². The molecular weight excluding hydrogens is 536 g/mol. The van der Waals surface area contributed by atoms with Gasteiger partial charge in [-0.3, -0.25) is 0 Å². The molecule has 3 aromatic carbocycles. The Morgan fingerprint density at radius 2 is 0.659 bits per heavy atom. The molecular formula is C42H58O2. The minimum absolute atomic E-state index is 0.964. The third-order valence-corrected chi connectivity index (χ3v) is 9.83. The third kappa shape index (κ3) is 9.15. The highest BCUT2D eigenvalue weighted by Gasteiger charge is 2.14. The van der Waals surface area contributed by atoms with Gasteiger partial charge in [0.05, 0.1) is 0 Å². The molecule has 5 aromatic rings. The van der Waals surface area contributed by atoms with Gasteiger partial charge in [0.1, 0.15) is 22.3 Å². The maximum Gasteiger partial charge on any atom is 0.136 e. The highest BCUT2D eigenvalue weighted by atomic mass is 16.3. The van der Waals surface area contributed by atoms with Crippen molar-refractivity contribution in [3.8, 4) is 0 Å². The number of rotatable bonds is 22. The van der Waals surface area contributed by atoms with Crippen LogP contribution in [0.2, 0.25) is 0 Å². The average molecular weight is 595 g/mol. The molecule has 0 radical (unpaired) electrons. The zero-order valence-electron chi connectivity index (χ0n) is 28.0. The minimum Gasteiger partial charge on any atom is -0.456 e. The van der Waals surface area contributed by atoms with E-state index in [2.05, 4.69) is 62.4 Å². The van der Waals surface area contributed by atoms with Crippen LogP contribution in [0, 0.1) is 0 Å². The maximum atomic E-state index is 6.37. The molecule has 0 saturated carbocycles. The summed E-state index contributed by atoms with van der Waals surface area (Å²) in [4.78, 5) is 0. The van der Waals surface area contributed by atoms with E-state index in [1.54, 1.807) is 0 Å². The summed E-state index contributed by atoms with van der Waals surface area (Å²) >= 11 is 0. The molecule has 0 spiro atoms. The number of furan rings is 2. The molecule has 44 heavy (non-hydrogen) atoms. The zero-order chi connectivity index (χ0) is 30.4.